The second kappa shape index (κ2) is 5.70. The Balaban J connectivity index is 1.62. The average Bonchev–Trinajstić information content (AvgIpc) is 3.21. The van der Waals surface area contributed by atoms with E-state index < -0.39 is 17.4 Å². The molecule has 25 heavy (non-hydrogen) atoms. The molecule has 4 atom stereocenters. The summed E-state index contributed by atoms with van der Waals surface area (Å²) in [6.07, 6.45) is 3.51. The second-order valence-corrected chi connectivity index (χ2v) is 7.69. The Morgan fingerprint density at radius 1 is 1.44 bits per heavy atom. The van der Waals surface area contributed by atoms with Gasteiger partial charge >= 0.3 is 5.97 Å². The van der Waals surface area contributed by atoms with Crippen molar-refractivity contribution in [2.45, 2.75) is 32.5 Å². The van der Waals surface area contributed by atoms with Crippen LogP contribution in [-0.4, -0.2) is 36.7 Å². The lowest BCUT2D eigenvalue weighted by Gasteiger charge is -2.23. The zero-order valence-corrected chi connectivity index (χ0v) is 14.8. The number of ether oxygens (including phenoxy) is 2. The van der Waals surface area contributed by atoms with E-state index in [0.717, 1.165) is 11.3 Å². The van der Waals surface area contributed by atoms with Gasteiger partial charge in [-0.3, -0.25) is 9.59 Å². The number of aryl methyl sites for hydroxylation is 1. The number of hydrogen-bond donors (Lipinski definition) is 0. The van der Waals surface area contributed by atoms with Crippen LogP contribution in [0.1, 0.15) is 19.4 Å². The normalized spacial score (nSPS) is 32.6. The number of amides is 1. The van der Waals surface area contributed by atoms with Crippen LogP contribution in [0.5, 0.6) is 0 Å². The zero-order valence-electron chi connectivity index (χ0n) is 14.8. The van der Waals surface area contributed by atoms with Gasteiger partial charge in [0.1, 0.15) is 11.5 Å². The van der Waals surface area contributed by atoms with Gasteiger partial charge in [0.25, 0.3) is 0 Å². The molecule has 0 aromatic heterocycles. The second-order valence-electron chi connectivity index (χ2n) is 7.69. The van der Waals surface area contributed by atoms with E-state index in [-0.39, 0.29) is 23.9 Å². The standard InChI is InChI=1S/C20H23NO4/c1-12(2)10-24-19(23)16-15-7-8-20(25-15)11-21(18(22)17(16)20)14-6-4-5-13(3)9-14/h4-9,12,15-17H,10-11H2,1-3H3. The predicted octanol–water partition coefficient (Wildman–Crippen LogP) is 2.48. The summed E-state index contributed by atoms with van der Waals surface area (Å²) >= 11 is 0. The maximum absolute atomic E-state index is 13.1. The quantitative estimate of drug-likeness (QED) is 0.624. The van der Waals surface area contributed by atoms with Gasteiger partial charge in [0, 0.05) is 5.69 Å². The Kier molecular flexibility index (Phi) is 3.72. The molecule has 2 fully saturated rings. The van der Waals surface area contributed by atoms with Crippen molar-refractivity contribution in [1.82, 2.24) is 0 Å². The van der Waals surface area contributed by atoms with Gasteiger partial charge in [-0.25, -0.2) is 0 Å². The molecule has 4 rings (SSSR count). The molecule has 5 nitrogen and oxygen atoms in total. The Hall–Kier alpha value is -2.14. The van der Waals surface area contributed by atoms with Gasteiger partial charge in [0.05, 0.1) is 25.2 Å². The van der Waals surface area contributed by atoms with E-state index in [1.807, 2.05) is 57.2 Å². The molecular weight excluding hydrogens is 318 g/mol. The highest BCUT2D eigenvalue weighted by atomic mass is 16.6. The molecule has 4 unspecified atom stereocenters. The number of rotatable bonds is 4. The van der Waals surface area contributed by atoms with Gasteiger partial charge in [0.15, 0.2) is 0 Å². The van der Waals surface area contributed by atoms with Crippen LogP contribution in [0.3, 0.4) is 0 Å². The van der Waals surface area contributed by atoms with E-state index >= 15 is 0 Å². The van der Waals surface area contributed by atoms with Crippen LogP contribution in [0.15, 0.2) is 36.4 Å². The first kappa shape index (κ1) is 16.3. The molecule has 0 saturated carbocycles. The topological polar surface area (TPSA) is 55.8 Å². The summed E-state index contributed by atoms with van der Waals surface area (Å²) < 4.78 is 11.5. The van der Waals surface area contributed by atoms with E-state index in [0.29, 0.717) is 13.2 Å². The third kappa shape index (κ3) is 2.49. The fourth-order valence-electron chi connectivity index (χ4n) is 4.13. The minimum atomic E-state index is -0.701. The summed E-state index contributed by atoms with van der Waals surface area (Å²) in [4.78, 5) is 27.5. The molecule has 0 radical (unpaired) electrons. The number of hydrogen-bond acceptors (Lipinski definition) is 4. The highest BCUT2D eigenvalue weighted by molar-refractivity contribution is 6.02. The summed E-state index contributed by atoms with van der Waals surface area (Å²) in [6, 6.07) is 7.84. The number of anilines is 1. The molecular formula is C20H23NO4. The van der Waals surface area contributed by atoms with Gasteiger partial charge in [-0.15, -0.1) is 0 Å². The molecule has 1 aromatic rings. The third-order valence-electron chi connectivity index (χ3n) is 5.24. The summed E-state index contributed by atoms with van der Waals surface area (Å²) in [5.41, 5.74) is 1.24. The fourth-order valence-corrected chi connectivity index (χ4v) is 4.13. The maximum Gasteiger partial charge on any atom is 0.312 e. The molecule has 1 aromatic carbocycles. The lowest BCUT2D eigenvalue weighted by atomic mass is 9.77. The van der Waals surface area contributed by atoms with E-state index in [1.165, 1.54) is 0 Å². The Labute approximate surface area is 147 Å². The van der Waals surface area contributed by atoms with Gasteiger partial charge in [-0.1, -0.05) is 38.1 Å². The molecule has 5 heteroatoms. The summed E-state index contributed by atoms with van der Waals surface area (Å²) in [5, 5.41) is 0. The van der Waals surface area contributed by atoms with Crippen molar-refractivity contribution in [2.24, 2.45) is 17.8 Å². The SMILES string of the molecule is Cc1cccc(N2CC34C=CC(O3)C(C(=O)OCC(C)C)C4C2=O)c1. The van der Waals surface area contributed by atoms with Crippen molar-refractivity contribution < 1.29 is 19.1 Å². The monoisotopic (exact) mass is 341 g/mol. The summed E-state index contributed by atoms with van der Waals surface area (Å²) in [5.74, 6) is -1.16. The number of esters is 1. The zero-order chi connectivity index (χ0) is 17.8. The molecule has 0 aliphatic carbocycles. The van der Waals surface area contributed by atoms with Crippen molar-refractivity contribution >= 4 is 17.6 Å². The number of benzene rings is 1. The van der Waals surface area contributed by atoms with Crippen molar-refractivity contribution in [1.29, 1.82) is 0 Å². The molecule has 2 bridgehead atoms. The molecule has 2 saturated heterocycles. The number of nitrogens with zero attached hydrogens (tertiary/aromatic N) is 1. The first-order valence-corrected chi connectivity index (χ1v) is 8.83. The van der Waals surface area contributed by atoms with Crippen LogP contribution in [0.2, 0.25) is 0 Å². The predicted molar refractivity (Wildman–Crippen MR) is 93.1 cm³/mol. The highest BCUT2D eigenvalue weighted by Crippen LogP contribution is 2.52. The minimum Gasteiger partial charge on any atom is -0.465 e. The first-order valence-electron chi connectivity index (χ1n) is 8.83. The van der Waals surface area contributed by atoms with Crippen LogP contribution < -0.4 is 4.90 Å². The smallest absolute Gasteiger partial charge is 0.312 e. The molecule has 3 aliphatic heterocycles. The van der Waals surface area contributed by atoms with Gasteiger partial charge < -0.3 is 14.4 Å². The van der Waals surface area contributed by atoms with Crippen LogP contribution in [-0.2, 0) is 19.1 Å². The van der Waals surface area contributed by atoms with Crippen molar-refractivity contribution in [3.05, 3.63) is 42.0 Å². The number of carbonyl (C=O) groups excluding carboxylic acids is 2. The summed E-state index contributed by atoms with van der Waals surface area (Å²) in [6.45, 7) is 6.79. The van der Waals surface area contributed by atoms with Crippen LogP contribution in [0.4, 0.5) is 5.69 Å². The van der Waals surface area contributed by atoms with Crippen molar-refractivity contribution in [2.75, 3.05) is 18.1 Å². The molecule has 1 spiro atoms. The largest absolute Gasteiger partial charge is 0.465 e. The maximum atomic E-state index is 13.1. The third-order valence-corrected chi connectivity index (χ3v) is 5.24. The molecule has 132 valence electrons. The molecule has 3 aliphatic rings. The lowest BCUT2D eigenvalue weighted by molar-refractivity contribution is -0.153. The first-order chi connectivity index (χ1) is 11.9. The fraction of sp³-hybridized carbons (Fsp3) is 0.500. The highest BCUT2D eigenvalue weighted by Gasteiger charge is 2.67. The molecule has 0 N–H and O–H groups in total. The van der Waals surface area contributed by atoms with Gasteiger partial charge in [-0.05, 0) is 30.5 Å². The minimum absolute atomic E-state index is 0.0519. The van der Waals surface area contributed by atoms with Crippen LogP contribution >= 0.6 is 0 Å². The van der Waals surface area contributed by atoms with Gasteiger partial charge in [-0.2, -0.15) is 0 Å². The average molecular weight is 341 g/mol. The molecule has 3 heterocycles. The van der Waals surface area contributed by atoms with E-state index in [2.05, 4.69) is 0 Å². The van der Waals surface area contributed by atoms with Crippen LogP contribution in [0.25, 0.3) is 0 Å². The van der Waals surface area contributed by atoms with Crippen molar-refractivity contribution in [3.8, 4) is 0 Å². The van der Waals surface area contributed by atoms with E-state index in [9.17, 15) is 9.59 Å². The summed E-state index contributed by atoms with van der Waals surface area (Å²) in [7, 11) is 0. The van der Waals surface area contributed by atoms with Crippen LogP contribution in [0, 0.1) is 24.7 Å². The Morgan fingerprint density at radius 3 is 2.96 bits per heavy atom. The lowest BCUT2D eigenvalue weighted by Crippen LogP contribution is -2.40. The van der Waals surface area contributed by atoms with E-state index in [4.69, 9.17) is 9.47 Å². The van der Waals surface area contributed by atoms with Crippen molar-refractivity contribution in [3.63, 3.8) is 0 Å². The Bertz CT molecular complexity index is 756. The molecule has 1 amide bonds. The Morgan fingerprint density at radius 2 is 2.24 bits per heavy atom. The number of fused-ring (bicyclic) bond motifs is 1. The number of carbonyl (C=O) groups is 2. The van der Waals surface area contributed by atoms with E-state index in [1.54, 1.807) is 4.90 Å². The van der Waals surface area contributed by atoms with Gasteiger partial charge in [0.2, 0.25) is 5.91 Å².